The first kappa shape index (κ1) is 13.7. The van der Waals surface area contributed by atoms with Crippen molar-refractivity contribution < 1.29 is 4.74 Å². The second kappa shape index (κ2) is 6.98. The van der Waals surface area contributed by atoms with Crippen LogP contribution in [0.3, 0.4) is 0 Å². The van der Waals surface area contributed by atoms with Gasteiger partial charge in [0.2, 0.25) is 0 Å². The van der Waals surface area contributed by atoms with Gasteiger partial charge in [0.05, 0.1) is 5.02 Å². The number of benzene rings is 1. The summed E-state index contributed by atoms with van der Waals surface area (Å²) in [5.74, 6) is 0.775. The van der Waals surface area contributed by atoms with Crippen LogP contribution in [0.1, 0.15) is 18.4 Å². The minimum absolute atomic E-state index is 0.644. The van der Waals surface area contributed by atoms with Gasteiger partial charge in [0, 0.05) is 6.54 Å². The number of rotatable bonds is 6. The third-order valence-corrected chi connectivity index (χ3v) is 3.59. The molecule has 2 rings (SSSR count). The van der Waals surface area contributed by atoms with Gasteiger partial charge in [0.15, 0.2) is 0 Å². The highest BCUT2D eigenvalue weighted by molar-refractivity contribution is 6.32. The van der Waals surface area contributed by atoms with Crippen molar-refractivity contribution in [3.8, 4) is 5.75 Å². The molecule has 2 N–H and O–H groups in total. The van der Waals surface area contributed by atoms with E-state index in [9.17, 15) is 0 Å². The molecule has 1 fully saturated rings. The van der Waals surface area contributed by atoms with Crippen molar-refractivity contribution in [3.63, 3.8) is 0 Å². The molecule has 0 aliphatic carbocycles. The average Bonchev–Trinajstić information content (AvgIpc) is 2.85. The average molecular weight is 269 g/mol. The zero-order valence-corrected chi connectivity index (χ0v) is 11.5. The number of halogens is 1. The van der Waals surface area contributed by atoms with Gasteiger partial charge in [0.1, 0.15) is 12.4 Å². The summed E-state index contributed by atoms with van der Waals surface area (Å²) in [4.78, 5) is 2.43. The quantitative estimate of drug-likeness (QED) is 0.861. The summed E-state index contributed by atoms with van der Waals surface area (Å²) >= 11 is 6.18. The highest BCUT2D eigenvalue weighted by atomic mass is 35.5. The summed E-state index contributed by atoms with van der Waals surface area (Å²) in [6, 6.07) is 5.92. The monoisotopic (exact) mass is 268 g/mol. The van der Waals surface area contributed by atoms with Crippen molar-refractivity contribution in [2.24, 2.45) is 5.73 Å². The number of likely N-dealkylation sites (tertiary alicyclic amines) is 1. The largest absolute Gasteiger partial charge is 0.491 e. The third-order valence-electron chi connectivity index (χ3n) is 3.29. The molecule has 0 unspecified atom stereocenters. The first-order valence-corrected chi connectivity index (χ1v) is 7.01. The predicted molar refractivity (Wildman–Crippen MR) is 75.4 cm³/mol. The molecular formula is C14H21ClN2O. The van der Waals surface area contributed by atoms with Gasteiger partial charge in [-0.05, 0) is 56.6 Å². The van der Waals surface area contributed by atoms with Crippen molar-refractivity contribution in [1.82, 2.24) is 4.90 Å². The number of nitrogens with two attached hydrogens (primary N) is 1. The molecule has 100 valence electrons. The van der Waals surface area contributed by atoms with Crippen LogP contribution >= 0.6 is 11.6 Å². The van der Waals surface area contributed by atoms with Gasteiger partial charge < -0.3 is 10.5 Å². The lowest BCUT2D eigenvalue weighted by molar-refractivity contribution is 0.238. The molecule has 1 saturated heterocycles. The van der Waals surface area contributed by atoms with Crippen LogP contribution in [-0.2, 0) is 6.42 Å². The summed E-state index contributed by atoms with van der Waals surface area (Å²) in [6.45, 7) is 4.74. The minimum Gasteiger partial charge on any atom is -0.491 e. The van der Waals surface area contributed by atoms with Gasteiger partial charge in [-0.15, -0.1) is 0 Å². The Morgan fingerprint density at radius 3 is 2.72 bits per heavy atom. The van der Waals surface area contributed by atoms with Gasteiger partial charge in [-0.25, -0.2) is 0 Å². The maximum Gasteiger partial charge on any atom is 0.137 e. The molecule has 0 amide bonds. The van der Waals surface area contributed by atoms with E-state index in [1.165, 1.54) is 25.9 Å². The summed E-state index contributed by atoms with van der Waals surface area (Å²) in [5.41, 5.74) is 6.68. The van der Waals surface area contributed by atoms with Crippen LogP contribution < -0.4 is 10.5 Å². The molecule has 1 aromatic rings. The van der Waals surface area contributed by atoms with Gasteiger partial charge in [-0.1, -0.05) is 17.7 Å². The van der Waals surface area contributed by atoms with Crippen molar-refractivity contribution in [2.45, 2.75) is 19.3 Å². The van der Waals surface area contributed by atoms with E-state index in [-0.39, 0.29) is 0 Å². The first-order valence-electron chi connectivity index (χ1n) is 6.63. The van der Waals surface area contributed by atoms with Crippen molar-refractivity contribution in [1.29, 1.82) is 0 Å². The molecule has 1 aliphatic heterocycles. The molecule has 18 heavy (non-hydrogen) atoms. The van der Waals surface area contributed by atoms with Gasteiger partial charge in [-0.3, -0.25) is 4.90 Å². The Balaban J connectivity index is 1.81. The van der Waals surface area contributed by atoms with Crippen molar-refractivity contribution in [3.05, 3.63) is 28.8 Å². The second-order valence-electron chi connectivity index (χ2n) is 4.70. The highest BCUT2D eigenvalue weighted by Gasteiger charge is 2.11. The Morgan fingerprint density at radius 1 is 1.28 bits per heavy atom. The maximum absolute atomic E-state index is 6.18. The lowest BCUT2D eigenvalue weighted by Crippen LogP contribution is -2.25. The number of nitrogens with zero attached hydrogens (tertiary/aromatic N) is 1. The molecule has 0 saturated carbocycles. The van der Waals surface area contributed by atoms with Crippen LogP contribution in [0.15, 0.2) is 18.2 Å². The third kappa shape index (κ3) is 3.87. The first-order chi connectivity index (χ1) is 8.79. The summed E-state index contributed by atoms with van der Waals surface area (Å²) in [5, 5.41) is 0.683. The van der Waals surface area contributed by atoms with Crippen LogP contribution in [0.5, 0.6) is 5.75 Å². The fraction of sp³-hybridized carbons (Fsp3) is 0.571. The maximum atomic E-state index is 6.18. The Bertz CT molecular complexity index is 378. The van der Waals surface area contributed by atoms with Crippen LogP contribution in [-0.4, -0.2) is 37.7 Å². The van der Waals surface area contributed by atoms with E-state index in [0.717, 1.165) is 24.3 Å². The molecule has 0 spiro atoms. The highest BCUT2D eigenvalue weighted by Crippen LogP contribution is 2.25. The van der Waals surface area contributed by atoms with E-state index in [2.05, 4.69) is 4.90 Å². The molecule has 3 nitrogen and oxygen atoms in total. The number of ether oxygens (including phenoxy) is 1. The molecule has 0 atom stereocenters. The van der Waals surface area contributed by atoms with Crippen molar-refractivity contribution >= 4 is 11.6 Å². The second-order valence-corrected chi connectivity index (χ2v) is 5.11. The van der Waals surface area contributed by atoms with Crippen LogP contribution in [0.25, 0.3) is 0 Å². The van der Waals surface area contributed by atoms with Gasteiger partial charge in [-0.2, -0.15) is 0 Å². The Labute approximate surface area is 114 Å². The number of hydrogen-bond donors (Lipinski definition) is 1. The molecule has 1 aromatic carbocycles. The normalized spacial score (nSPS) is 16.1. The molecule has 4 heteroatoms. The zero-order chi connectivity index (χ0) is 12.8. The fourth-order valence-electron chi connectivity index (χ4n) is 2.27. The van der Waals surface area contributed by atoms with E-state index < -0.39 is 0 Å². The van der Waals surface area contributed by atoms with E-state index >= 15 is 0 Å². The van der Waals surface area contributed by atoms with Crippen LogP contribution in [0.4, 0.5) is 0 Å². The fourth-order valence-corrected chi connectivity index (χ4v) is 2.53. The SMILES string of the molecule is NCCc1ccc(OCCN2CCCC2)c(Cl)c1. The van der Waals surface area contributed by atoms with E-state index in [4.69, 9.17) is 22.1 Å². The molecular weight excluding hydrogens is 248 g/mol. The molecule has 1 aliphatic rings. The number of hydrogen-bond acceptors (Lipinski definition) is 3. The molecule has 0 aromatic heterocycles. The topological polar surface area (TPSA) is 38.5 Å². The minimum atomic E-state index is 0.644. The summed E-state index contributed by atoms with van der Waals surface area (Å²) < 4.78 is 5.73. The smallest absolute Gasteiger partial charge is 0.137 e. The Hall–Kier alpha value is -0.770. The van der Waals surface area contributed by atoms with E-state index in [0.29, 0.717) is 18.2 Å². The molecule has 1 heterocycles. The lowest BCUT2D eigenvalue weighted by Gasteiger charge is -2.15. The predicted octanol–water partition coefficient (Wildman–Crippen LogP) is 2.32. The zero-order valence-electron chi connectivity index (χ0n) is 10.7. The van der Waals surface area contributed by atoms with E-state index in [1.54, 1.807) is 0 Å². The standard InChI is InChI=1S/C14H21ClN2O/c15-13-11-12(5-6-16)3-4-14(13)18-10-9-17-7-1-2-8-17/h3-4,11H,1-2,5-10,16H2. The van der Waals surface area contributed by atoms with Crippen LogP contribution in [0, 0.1) is 0 Å². The Morgan fingerprint density at radius 2 is 2.06 bits per heavy atom. The molecule has 0 bridgehead atoms. The summed E-state index contributed by atoms with van der Waals surface area (Å²) in [7, 11) is 0. The molecule has 0 radical (unpaired) electrons. The van der Waals surface area contributed by atoms with Gasteiger partial charge in [0.25, 0.3) is 0 Å². The van der Waals surface area contributed by atoms with Crippen molar-refractivity contribution in [2.75, 3.05) is 32.8 Å². The van der Waals surface area contributed by atoms with E-state index in [1.807, 2.05) is 18.2 Å². The van der Waals surface area contributed by atoms with Crippen LogP contribution in [0.2, 0.25) is 5.02 Å². The summed E-state index contributed by atoms with van der Waals surface area (Å²) in [6.07, 6.45) is 3.48. The Kier molecular flexibility index (Phi) is 5.29. The lowest BCUT2D eigenvalue weighted by atomic mass is 10.1. The van der Waals surface area contributed by atoms with Gasteiger partial charge >= 0.3 is 0 Å².